The van der Waals surface area contributed by atoms with E-state index in [4.69, 9.17) is 0 Å². The molecule has 0 aliphatic rings. The Hall–Kier alpha value is -1.10. The van der Waals surface area contributed by atoms with Gasteiger partial charge in [0.15, 0.2) is 0 Å². The van der Waals surface area contributed by atoms with Gasteiger partial charge in [-0.25, -0.2) is 4.90 Å². The van der Waals surface area contributed by atoms with Crippen LogP contribution in [-0.4, -0.2) is 32.7 Å². The van der Waals surface area contributed by atoms with Crippen molar-refractivity contribution in [2.45, 2.75) is 32.8 Å². The van der Waals surface area contributed by atoms with Crippen molar-refractivity contribution in [3.63, 3.8) is 0 Å². The molecular weight excluding hydrogens is 194 g/mol. The fourth-order valence-electron chi connectivity index (χ4n) is 1.42. The summed E-state index contributed by atoms with van der Waals surface area (Å²) in [5, 5.41) is 28.4. The first kappa shape index (κ1) is 12.0. The Morgan fingerprint density at radius 2 is 1.67 bits per heavy atom. The lowest BCUT2D eigenvalue weighted by atomic mass is 10.2. The number of hydrogen-bond acceptors (Lipinski definition) is 4. The van der Waals surface area contributed by atoms with Gasteiger partial charge in [-0.15, -0.1) is 0 Å². The van der Waals surface area contributed by atoms with Gasteiger partial charge in [0.05, 0.1) is 0 Å². The third-order valence-corrected chi connectivity index (χ3v) is 2.30. The molecule has 1 aromatic carbocycles. The van der Waals surface area contributed by atoms with E-state index in [1.807, 2.05) is 0 Å². The van der Waals surface area contributed by atoms with Crippen molar-refractivity contribution in [2.75, 3.05) is 0 Å². The fraction of sp³-hybridized carbons (Fsp3) is 0.455. The molecule has 0 aliphatic carbocycles. The Labute approximate surface area is 89.4 Å². The summed E-state index contributed by atoms with van der Waals surface area (Å²) in [6.07, 6.45) is -1.52. The molecule has 84 valence electrons. The highest BCUT2D eigenvalue weighted by Gasteiger charge is 2.17. The minimum atomic E-state index is -0.760. The Bertz CT molecular complexity index is 304. The Morgan fingerprint density at radius 1 is 1.13 bits per heavy atom. The van der Waals surface area contributed by atoms with Gasteiger partial charge in [0.2, 0.25) is 0 Å². The largest absolute Gasteiger partial charge is 0.508 e. The van der Waals surface area contributed by atoms with Crippen molar-refractivity contribution >= 4 is 0 Å². The highest BCUT2D eigenvalue weighted by molar-refractivity contribution is 5.31. The molecule has 2 atom stereocenters. The van der Waals surface area contributed by atoms with Gasteiger partial charge in [-0.2, -0.15) is 0 Å². The molecule has 0 radical (unpaired) electrons. The van der Waals surface area contributed by atoms with E-state index in [9.17, 15) is 15.3 Å². The Kier molecular flexibility index (Phi) is 4.08. The summed E-state index contributed by atoms with van der Waals surface area (Å²) in [6, 6.07) is 6.87. The van der Waals surface area contributed by atoms with Gasteiger partial charge in [0.1, 0.15) is 18.2 Å². The van der Waals surface area contributed by atoms with E-state index in [1.54, 1.807) is 38.1 Å². The molecule has 0 saturated carbocycles. The van der Waals surface area contributed by atoms with Crippen LogP contribution in [0.3, 0.4) is 0 Å². The van der Waals surface area contributed by atoms with Crippen LogP contribution in [0.5, 0.6) is 5.75 Å². The zero-order valence-corrected chi connectivity index (χ0v) is 8.96. The number of para-hydroxylation sites is 1. The van der Waals surface area contributed by atoms with E-state index in [-0.39, 0.29) is 5.75 Å². The molecule has 0 heterocycles. The quantitative estimate of drug-likeness (QED) is 0.647. The van der Waals surface area contributed by atoms with Crippen molar-refractivity contribution in [1.82, 2.24) is 4.90 Å². The number of hydrogen-bond donors (Lipinski definition) is 3. The first-order valence-electron chi connectivity index (χ1n) is 4.91. The monoisotopic (exact) mass is 211 g/mol. The third-order valence-electron chi connectivity index (χ3n) is 2.30. The van der Waals surface area contributed by atoms with E-state index in [0.29, 0.717) is 12.1 Å². The summed E-state index contributed by atoms with van der Waals surface area (Å²) in [4.78, 5) is 1.47. The standard InChI is InChI=1S/C11H17NO3/c1-8(13)12(9(2)14)7-10-5-3-4-6-11(10)15/h3-6,8-9,13-15H,7H2,1-2H3. The Morgan fingerprint density at radius 3 is 2.13 bits per heavy atom. The van der Waals surface area contributed by atoms with Gasteiger partial charge < -0.3 is 15.3 Å². The van der Waals surface area contributed by atoms with Crippen LogP contribution in [-0.2, 0) is 6.54 Å². The van der Waals surface area contributed by atoms with Crippen molar-refractivity contribution in [1.29, 1.82) is 0 Å². The van der Waals surface area contributed by atoms with Gasteiger partial charge in [-0.1, -0.05) is 18.2 Å². The number of aliphatic hydroxyl groups is 2. The second kappa shape index (κ2) is 5.11. The minimum Gasteiger partial charge on any atom is -0.508 e. The molecule has 1 aromatic rings. The number of benzene rings is 1. The number of aromatic hydroxyl groups is 1. The predicted molar refractivity (Wildman–Crippen MR) is 57.0 cm³/mol. The molecule has 0 bridgehead atoms. The number of aliphatic hydroxyl groups excluding tert-OH is 2. The summed E-state index contributed by atoms with van der Waals surface area (Å²) in [5.41, 5.74) is 0.680. The molecule has 3 N–H and O–H groups in total. The maximum Gasteiger partial charge on any atom is 0.120 e. The normalized spacial score (nSPS) is 15.3. The fourth-order valence-corrected chi connectivity index (χ4v) is 1.42. The van der Waals surface area contributed by atoms with Gasteiger partial charge in [0, 0.05) is 12.1 Å². The van der Waals surface area contributed by atoms with Crippen LogP contribution in [0.1, 0.15) is 19.4 Å². The molecule has 1 rings (SSSR count). The third kappa shape index (κ3) is 3.20. The number of nitrogens with zero attached hydrogens (tertiary/aromatic N) is 1. The number of rotatable bonds is 4. The maximum absolute atomic E-state index is 9.53. The summed E-state index contributed by atoms with van der Waals surface area (Å²) in [6.45, 7) is 3.46. The van der Waals surface area contributed by atoms with E-state index >= 15 is 0 Å². The molecule has 4 nitrogen and oxygen atoms in total. The van der Waals surface area contributed by atoms with Gasteiger partial charge in [-0.3, -0.25) is 0 Å². The van der Waals surface area contributed by atoms with Crippen LogP contribution in [0.2, 0.25) is 0 Å². The topological polar surface area (TPSA) is 63.9 Å². The number of phenols is 1. The smallest absolute Gasteiger partial charge is 0.120 e. The van der Waals surface area contributed by atoms with E-state index in [2.05, 4.69) is 0 Å². The van der Waals surface area contributed by atoms with Crippen LogP contribution in [0.15, 0.2) is 24.3 Å². The highest BCUT2D eigenvalue weighted by atomic mass is 16.3. The SMILES string of the molecule is CC(O)N(Cc1ccccc1O)C(C)O. The summed E-state index contributed by atoms with van der Waals surface area (Å²) in [7, 11) is 0. The lowest BCUT2D eigenvalue weighted by molar-refractivity contribution is -0.0899. The molecule has 0 fully saturated rings. The van der Waals surface area contributed by atoms with E-state index < -0.39 is 12.5 Å². The van der Waals surface area contributed by atoms with Crippen LogP contribution >= 0.6 is 0 Å². The second-order valence-corrected chi connectivity index (χ2v) is 3.56. The highest BCUT2D eigenvalue weighted by Crippen LogP contribution is 2.19. The summed E-state index contributed by atoms with van der Waals surface area (Å²) < 4.78 is 0. The predicted octanol–water partition coefficient (Wildman–Crippen LogP) is 0.871. The molecule has 2 unspecified atom stereocenters. The molecule has 0 aromatic heterocycles. The van der Waals surface area contributed by atoms with Crippen molar-refractivity contribution in [3.05, 3.63) is 29.8 Å². The second-order valence-electron chi connectivity index (χ2n) is 3.56. The molecule has 0 spiro atoms. The van der Waals surface area contributed by atoms with Crippen LogP contribution in [0.4, 0.5) is 0 Å². The molecule has 4 heteroatoms. The zero-order valence-electron chi connectivity index (χ0n) is 8.96. The van der Waals surface area contributed by atoms with Crippen LogP contribution in [0, 0.1) is 0 Å². The summed E-state index contributed by atoms with van der Waals surface area (Å²) in [5.74, 6) is 0.170. The summed E-state index contributed by atoms with van der Waals surface area (Å²) >= 11 is 0. The molecular formula is C11H17NO3. The van der Waals surface area contributed by atoms with Crippen molar-refractivity contribution < 1.29 is 15.3 Å². The van der Waals surface area contributed by atoms with Gasteiger partial charge in [-0.05, 0) is 19.9 Å². The van der Waals surface area contributed by atoms with Crippen LogP contribution < -0.4 is 0 Å². The lowest BCUT2D eigenvalue weighted by Crippen LogP contribution is -2.39. The Balaban J connectivity index is 2.79. The van der Waals surface area contributed by atoms with Crippen molar-refractivity contribution in [2.24, 2.45) is 0 Å². The average molecular weight is 211 g/mol. The molecule has 0 amide bonds. The van der Waals surface area contributed by atoms with Gasteiger partial charge in [0.25, 0.3) is 0 Å². The molecule has 0 saturated heterocycles. The van der Waals surface area contributed by atoms with Crippen LogP contribution in [0.25, 0.3) is 0 Å². The van der Waals surface area contributed by atoms with Gasteiger partial charge >= 0.3 is 0 Å². The average Bonchev–Trinajstić information content (AvgIpc) is 2.15. The maximum atomic E-state index is 9.53. The minimum absolute atomic E-state index is 0.170. The van der Waals surface area contributed by atoms with E-state index in [0.717, 1.165) is 0 Å². The van der Waals surface area contributed by atoms with Crippen molar-refractivity contribution in [3.8, 4) is 5.75 Å². The molecule has 0 aliphatic heterocycles. The zero-order chi connectivity index (χ0) is 11.4. The molecule has 15 heavy (non-hydrogen) atoms. The first-order valence-corrected chi connectivity index (χ1v) is 4.91. The first-order chi connectivity index (χ1) is 7.02. The lowest BCUT2D eigenvalue weighted by Gasteiger charge is -2.28. The van der Waals surface area contributed by atoms with E-state index in [1.165, 1.54) is 4.90 Å². The number of phenolic OH excluding ortho intramolecular Hbond substituents is 1.